The molecule has 1 saturated carbocycles. The molecule has 0 unspecified atom stereocenters. The quantitative estimate of drug-likeness (QED) is 0.525. The molecule has 0 heterocycles. The Bertz CT molecular complexity index is 534. The Hall–Kier alpha value is -1.50. The zero-order valence-corrected chi connectivity index (χ0v) is 14.4. The Balaban J connectivity index is 1.89. The number of non-ortho nitro benzene ring substituents is 1. The van der Waals surface area contributed by atoms with Gasteiger partial charge in [-0.05, 0) is 61.3 Å². The number of nitro groups is 1. The zero-order chi connectivity index (χ0) is 17.7. The third-order valence-electron chi connectivity index (χ3n) is 5.15. The normalized spacial score (nSPS) is 20.5. The molecule has 6 heteroatoms. The van der Waals surface area contributed by atoms with E-state index in [1.807, 2.05) is 0 Å². The molecule has 1 aromatic rings. The van der Waals surface area contributed by atoms with Crippen molar-refractivity contribution in [1.82, 2.24) is 5.32 Å². The molecule has 0 spiro atoms. The minimum Gasteiger partial charge on any atom is -0.395 e. The number of hydrogen-bond acceptors (Lipinski definition) is 5. The summed E-state index contributed by atoms with van der Waals surface area (Å²) in [4.78, 5) is 10.2. The summed E-state index contributed by atoms with van der Waals surface area (Å²) in [6, 6.07) is 5.35. The van der Waals surface area contributed by atoms with Gasteiger partial charge < -0.3 is 15.5 Å². The van der Waals surface area contributed by atoms with Crippen molar-refractivity contribution in [3.8, 4) is 0 Å². The SMILES string of the molecule is CC1(C)CCC(CN[C@@H](CO)[C@H](O)c2ccc([N+](=O)[O-])cc2)CC1. The highest BCUT2D eigenvalue weighted by molar-refractivity contribution is 5.34. The smallest absolute Gasteiger partial charge is 0.269 e. The molecule has 0 bridgehead atoms. The second-order valence-corrected chi connectivity index (χ2v) is 7.60. The number of benzene rings is 1. The first-order valence-corrected chi connectivity index (χ1v) is 8.59. The van der Waals surface area contributed by atoms with Gasteiger partial charge >= 0.3 is 0 Å². The maximum Gasteiger partial charge on any atom is 0.269 e. The lowest BCUT2D eigenvalue weighted by atomic mass is 9.73. The van der Waals surface area contributed by atoms with Crippen molar-refractivity contribution < 1.29 is 15.1 Å². The molecule has 2 atom stereocenters. The maximum absolute atomic E-state index is 10.7. The highest BCUT2D eigenvalue weighted by atomic mass is 16.6. The molecule has 0 saturated heterocycles. The van der Waals surface area contributed by atoms with Gasteiger partial charge in [0.2, 0.25) is 0 Å². The van der Waals surface area contributed by atoms with E-state index in [0.29, 0.717) is 16.9 Å². The van der Waals surface area contributed by atoms with Crippen LogP contribution in [0.2, 0.25) is 0 Å². The first-order valence-electron chi connectivity index (χ1n) is 8.59. The molecule has 134 valence electrons. The molecule has 2 rings (SSSR count). The minimum absolute atomic E-state index is 0.00993. The van der Waals surface area contributed by atoms with Crippen LogP contribution >= 0.6 is 0 Å². The summed E-state index contributed by atoms with van der Waals surface area (Å²) in [5.74, 6) is 0.566. The predicted octanol–water partition coefficient (Wildman–Crippen LogP) is 2.80. The van der Waals surface area contributed by atoms with E-state index in [9.17, 15) is 20.3 Å². The van der Waals surface area contributed by atoms with Crippen molar-refractivity contribution >= 4 is 5.69 Å². The molecular weight excluding hydrogens is 308 g/mol. The summed E-state index contributed by atoms with van der Waals surface area (Å²) >= 11 is 0. The number of hydrogen-bond donors (Lipinski definition) is 3. The fourth-order valence-electron chi connectivity index (χ4n) is 3.28. The van der Waals surface area contributed by atoms with Crippen LogP contribution in [0.4, 0.5) is 5.69 Å². The second-order valence-electron chi connectivity index (χ2n) is 7.60. The molecule has 1 aromatic carbocycles. The second kappa shape index (κ2) is 8.05. The minimum atomic E-state index is -0.893. The molecule has 1 aliphatic carbocycles. The lowest BCUT2D eigenvalue weighted by Crippen LogP contribution is -2.41. The lowest BCUT2D eigenvalue weighted by Gasteiger charge is -2.35. The van der Waals surface area contributed by atoms with Crippen molar-refractivity contribution in [3.05, 3.63) is 39.9 Å². The Morgan fingerprint density at radius 2 is 1.88 bits per heavy atom. The summed E-state index contributed by atoms with van der Waals surface area (Å²) in [6.07, 6.45) is 3.83. The van der Waals surface area contributed by atoms with Gasteiger partial charge in [0.25, 0.3) is 5.69 Å². The Kier molecular flexibility index (Phi) is 6.32. The van der Waals surface area contributed by atoms with Gasteiger partial charge in [0.15, 0.2) is 0 Å². The monoisotopic (exact) mass is 336 g/mol. The molecular formula is C18H28N2O4. The predicted molar refractivity (Wildman–Crippen MR) is 92.7 cm³/mol. The van der Waals surface area contributed by atoms with Crippen molar-refractivity contribution in [3.63, 3.8) is 0 Å². The third kappa shape index (κ3) is 5.00. The Morgan fingerprint density at radius 3 is 2.38 bits per heavy atom. The number of aliphatic hydroxyl groups excluding tert-OH is 2. The highest BCUT2D eigenvalue weighted by Crippen LogP contribution is 2.37. The van der Waals surface area contributed by atoms with Crippen LogP contribution in [0.1, 0.15) is 51.2 Å². The van der Waals surface area contributed by atoms with Crippen LogP contribution in [0.3, 0.4) is 0 Å². The highest BCUT2D eigenvalue weighted by Gasteiger charge is 2.28. The van der Waals surface area contributed by atoms with E-state index in [4.69, 9.17) is 0 Å². The van der Waals surface area contributed by atoms with Crippen molar-refractivity contribution in [2.45, 2.75) is 51.7 Å². The van der Waals surface area contributed by atoms with Crippen LogP contribution in [0.25, 0.3) is 0 Å². The van der Waals surface area contributed by atoms with Gasteiger partial charge in [0, 0.05) is 12.1 Å². The average molecular weight is 336 g/mol. The van der Waals surface area contributed by atoms with Gasteiger partial charge in [-0.2, -0.15) is 0 Å². The van der Waals surface area contributed by atoms with Crippen molar-refractivity contribution in [2.75, 3.05) is 13.2 Å². The van der Waals surface area contributed by atoms with Crippen LogP contribution in [0.5, 0.6) is 0 Å². The molecule has 24 heavy (non-hydrogen) atoms. The van der Waals surface area contributed by atoms with E-state index in [-0.39, 0.29) is 12.3 Å². The summed E-state index contributed by atoms with van der Waals surface area (Å²) in [5, 5.41) is 34.0. The number of nitrogens with zero attached hydrogens (tertiary/aromatic N) is 1. The summed E-state index contributed by atoms with van der Waals surface area (Å²) in [7, 11) is 0. The summed E-state index contributed by atoms with van der Waals surface area (Å²) in [6.45, 7) is 5.18. The van der Waals surface area contributed by atoms with Gasteiger partial charge in [0.1, 0.15) is 0 Å². The van der Waals surface area contributed by atoms with E-state index in [2.05, 4.69) is 19.2 Å². The van der Waals surface area contributed by atoms with Gasteiger partial charge in [-0.1, -0.05) is 13.8 Å². The van der Waals surface area contributed by atoms with Crippen LogP contribution < -0.4 is 5.32 Å². The fourth-order valence-corrected chi connectivity index (χ4v) is 3.28. The molecule has 0 aromatic heterocycles. The number of rotatable bonds is 7. The van der Waals surface area contributed by atoms with E-state index in [0.717, 1.165) is 19.4 Å². The number of nitro benzene ring substituents is 1. The molecule has 0 radical (unpaired) electrons. The first kappa shape index (κ1) is 18.8. The van der Waals surface area contributed by atoms with E-state index in [1.165, 1.54) is 37.1 Å². The maximum atomic E-state index is 10.7. The summed E-state index contributed by atoms with van der Waals surface area (Å²) in [5.41, 5.74) is 0.978. The third-order valence-corrected chi connectivity index (χ3v) is 5.15. The standard InChI is InChI=1S/C18H28N2O4/c1-18(2)9-7-13(8-10-18)11-19-16(12-21)17(22)14-3-5-15(6-4-14)20(23)24/h3-6,13,16-17,19,21-22H,7-12H2,1-2H3/t16-,17+/m0/s1. The van der Waals surface area contributed by atoms with Gasteiger partial charge in [-0.15, -0.1) is 0 Å². The van der Waals surface area contributed by atoms with E-state index >= 15 is 0 Å². The molecule has 3 N–H and O–H groups in total. The van der Waals surface area contributed by atoms with Gasteiger partial charge in [-0.3, -0.25) is 10.1 Å². The van der Waals surface area contributed by atoms with E-state index < -0.39 is 17.1 Å². The van der Waals surface area contributed by atoms with Crippen molar-refractivity contribution in [2.24, 2.45) is 11.3 Å². The molecule has 0 aliphatic heterocycles. The lowest BCUT2D eigenvalue weighted by molar-refractivity contribution is -0.384. The summed E-state index contributed by atoms with van der Waals surface area (Å²) < 4.78 is 0. The largest absolute Gasteiger partial charge is 0.395 e. The molecule has 6 nitrogen and oxygen atoms in total. The molecule has 1 fully saturated rings. The van der Waals surface area contributed by atoms with Gasteiger partial charge in [0.05, 0.1) is 23.7 Å². The number of nitrogens with one attached hydrogen (secondary N) is 1. The van der Waals surface area contributed by atoms with Crippen molar-refractivity contribution in [1.29, 1.82) is 0 Å². The molecule has 1 aliphatic rings. The first-order chi connectivity index (χ1) is 11.3. The molecule has 0 amide bonds. The number of aliphatic hydroxyl groups is 2. The van der Waals surface area contributed by atoms with Gasteiger partial charge in [-0.25, -0.2) is 0 Å². The fraction of sp³-hybridized carbons (Fsp3) is 0.667. The Labute approximate surface area is 143 Å². The Morgan fingerprint density at radius 1 is 1.29 bits per heavy atom. The van der Waals surface area contributed by atoms with Crippen LogP contribution in [0.15, 0.2) is 24.3 Å². The van der Waals surface area contributed by atoms with Crippen LogP contribution in [0, 0.1) is 21.4 Å². The zero-order valence-electron chi connectivity index (χ0n) is 14.4. The van der Waals surface area contributed by atoms with E-state index in [1.54, 1.807) is 0 Å². The van der Waals surface area contributed by atoms with Crippen LogP contribution in [-0.4, -0.2) is 34.3 Å². The topological polar surface area (TPSA) is 95.6 Å². The average Bonchev–Trinajstić information content (AvgIpc) is 2.56. The van der Waals surface area contributed by atoms with Crippen LogP contribution in [-0.2, 0) is 0 Å².